The summed E-state index contributed by atoms with van der Waals surface area (Å²) in [6.07, 6.45) is 0.686. The summed E-state index contributed by atoms with van der Waals surface area (Å²) in [7, 11) is 0. The standard InChI is InChI=1S/C11H13NO4/c1-3-6-16-11(13)9-7-8(2)4-5-10(9)12(14)15/h4-5,7H,3,6H2,1-2H3. The number of esters is 1. The van der Waals surface area contributed by atoms with Crippen LogP contribution >= 0.6 is 0 Å². The van der Waals surface area contributed by atoms with Crippen LogP contribution in [0.1, 0.15) is 29.3 Å². The van der Waals surface area contributed by atoms with Gasteiger partial charge in [0.15, 0.2) is 0 Å². The molecule has 0 atom stereocenters. The summed E-state index contributed by atoms with van der Waals surface area (Å²) in [4.78, 5) is 21.7. The van der Waals surface area contributed by atoms with Crippen molar-refractivity contribution in [1.29, 1.82) is 0 Å². The van der Waals surface area contributed by atoms with Gasteiger partial charge in [-0.1, -0.05) is 13.0 Å². The Kier molecular flexibility index (Phi) is 3.99. The average Bonchev–Trinajstić information content (AvgIpc) is 2.25. The molecule has 0 N–H and O–H groups in total. The van der Waals surface area contributed by atoms with E-state index in [2.05, 4.69) is 0 Å². The molecule has 0 unspecified atom stereocenters. The van der Waals surface area contributed by atoms with Crippen LogP contribution in [0.15, 0.2) is 18.2 Å². The average molecular weight is 223 g/mol. The maximum Gasteiger partial charge on any atom is 0.345 e. The lowest BCUT2D eigenvalue weighted by molar-refractivity contribution is -0.385. The quantitative estimate of drug-likeness (QED) is 0.446. The SMILES string of the molecule is CCCOC(=O)c1cc(C)ccc1[N+](=O)[O-]. The highest BCUT2D eigenvalue weighted by molar-refractivity contribution is 5.94. The molecule has 0 fully saturated rings. The van der Waals surface area contributed by atoms with Gasteiger partial charge in [0.2, 0.25) is 0 Å². The van der Waals surface area contributed by atoms with Gasteiger partial charge in [-0.3, -0.25) is 10.1 Å². The van der Waals surface area contributed by atoms with Crippen molar-refractivity contribution < 1.29 is 14.5 Å². The van der Waals surface area contributed by atoms with Gasteiger partial charge in [-0.05, 0) is 25.0 Å². The normalized spacial score (nSPS) is 9.88. The number of carbonyl (C=O) groups excluding carboxylic acids is 1. The number of hydrogen-bond donors (Lipinski definition) is 0. The topological polar surface area (TPSA) is 69.4 Å². The zero-order valence-electron chi connectivity index (χ0n) is 9.23. The molecule has 86 valence electrons. The van der Waals surface area contributed by atoms with Gasteiger partial charge in [0, 0.05) is 6.07 Å². The van der Waals surface area contributed by atoms with Crippen LogP contribution in [0, 0.1) is 17.0 Å². The van der Waals surface area contributed by atoms with Crippen LogP contribution in [0.3, 0.4) is 0 Å². The maximum atomic E-state index is 11.6. The molecule has 0 aliphatic rings. The van der Waals surface area contributed by atoms with Crippen LogP contribution in [0.5, 0.6) is 0 Å². The van der Waals surface area contributed by atoms with Crippen LogP contribution in [0.25, 0.3) is 0 Å². The second-order valence-corrected chi connectivity index (χ2v) is 3.41. The minimum atomic E-state index is -0.641. The molecule has 0 saturated carbocycles. The monoisotopic (exact) mass is 223 g/mol. The van der Waals surface area contributed by atoms with E-state index in [-0.39, 0.29) is 17.9 Å². The van der Waals surface area contributed by atoms with Gasteiger partial charge in [-0.25, -0.2) is 4.79 Å². The lowest BCUT2D eigenvalue weighted by Crippen LogP contribution is -2.09. The van der Waals surface area contributed by atoms with E-state index >= 15 is 0 Å². The van der Waals surface area contributed by atoms with Crippen molar-refractivity contribution in [2.24, 2.45) is 0 Å². The van der Waals surface area contributed by atoms with E-state index < -0.39 is 10.9 Å². The first-order valence-electron chi connectivity index (χ1n) is 4.98. The summed E-state index contributed by atoms with van der Waals surface area (Å²) >= 11 is 0. The summed E-state index contributed by atoms with van der Waals surface area (Å²) < 4.78 is 4.88. The highest BCUT2D eigenvalue weighted by Gasteiger charge is 2.20. The van der Waals surface area contributed by atoms with Crippen molar-refractivity contribution in [2.45, 2.75) is 20.3 Å². The Balaban J connectivity index is 3.04. The van der Waals surface area contributed by atoms with Gasteiger partial charge in [-0.15, -0.1) is 0 Å². The Hall–Kier alpha value is -1.91. The van der Waals surface area contributed by atoms with Crippen LogP contribution in [0.2, 0.25) is 0 Å². The molecule has 0 amide bonds. The zero-order valence-corrected chi connectivity index (χ0v) is 9.23. The molecule has 5 heteroatoms. The summed E-state index contributed by atoms with van der Waals surface area (Å²) in [6.45, 7) is 3.89. The molecule has 1 rings (SSSR count). The minimum absolute atomic E-state index is 0.0125. The number of ether oxygens (including phenoxy) is 1. The fourth-order valence-electron chi connectivity index (χ4n) is 1.25. The van der Waals surface area contributed by atoms with Gasteiger partial charge in [-0.2, -0.15) is 0 Å². The third-order valence-electron chi connectivity index (χ3n) is 2.01. The second kappa shape index (κ2) is 5.25. The fourth-order valence-corrected chi connectivity index (χ4v) is 1.25. The van der Waals surface area contributed by atoms with E-state index in [4.69, 9.17) is 4.74 Å². The van der Waals surface area contributed by atoms with Crippen molar-refractivity contribution in [3.05, 3.63) is 39.4 Å². The fraction of sp³-hybridized carbons (Fsp3) is 0.364. The summed E-state index contributed by atoms with van der Waals surface area (Å²) in [5.41, 5.74) is 0.583. The summed E-state index contributed by atoms with van der Waals surface area (Å²) in [5, 5.41) is 10.7. The number of carbonyl (C=O) groups is 1. The summed E-state index contributed by atoms with van der Waals surface area (Å²) in [5.74, 6) is -0.641. The molecule has 0 saturated heterocycles. The van der Waals surface area contributed by atoms with E-state index in [1.807, 2.05) is 6.92 Å². The Morgan fingerprint density at radius 2 is 2.19 bits per heavy atom. The first-order chi connectivity index (χ1) is 7.56. The van der Waals surface area contributed by atoms with Gasteiger partial charge in [0.1, 0.15) is 5.56 Å². The third kappa shape index (κ3) is 2.79. The predicted molar refractivity (Wildman–Crippen MR) is 58.4 cm³/mol. The molecule has 16 heavy (non-hydrogen) atoms. The van der Waals surface area contributed by atoms with Crippen LogP contribution in [-0.2, 0) is 4.74 Å². The molecular weight excluding hydrogens is 210 g/mol. The van der Waals surface area contributed by atoms with E-state index in [0.29, 0.717) is 6.42 Å². The van der Waals surface area contributed by atoms with Crippen molar-refractivity contribution in [1.82, 2.24) is 0 Å². The van der Waals surface area contributed by atoms with Crippen molar-refractivity contribution in [3.8, 4) is 0 Å². The molecule has 0 heterocycles. The van der Waals surface area contributed by atoms with Crippen molar-refractivity contribution in [2.75, 3.05) is 6.61 Å². The van der Waals surface area contributed by atoms with Crippen LogP contribution < -0.4 is 0 Å². The second-order valence-electron chi connectivity index (χ2n) is 3.41. The number of nitro benzene ring substituents is 1. The Labute approximate surface area is 93.2 Å². The third-order valence-corrected chi connectivity index (χ3v) is 2.01. The number of benzene rings is 1. The zero-order chi connectivity index (χ0) is 12.1. The lowest BCUT2D eigenvalue weighted by atomic mass is 10.1. The van der Waals surface area contributed by atoms with Crippen LogP contribution in [-0.4, -0.2) is 17.5 Å². The molecule has 0 aliphatic carbocycles. The van der Waals surface area contributed by atoms with Gasteiger partial charge in [0.25, 0.3) is 5.69 Å². The van der Waals surface area contributed by atoms with E-state index in [1.54, 1.807) is 13.0 Å². The largest absolute Gasteiger partial charge is 0.462 e. The molecule has 1 aromatic carbocycles. The molecule has 0 spiro atoms. The number of rotatable bonds is 4. The predicted octanol–water partition coefficient (Wildman–Crippen LogP) is 2.47. The van der Waals surface area contributed by atoms with E-state index in [0.717, 1.165) is 5.56 Å². The lowest BCUT2D eigenvalue weighted by Gasteiger charge is -2.04. The molecule has 0 radical (unpaired) electrons. The Morgan fingerprint density at radius 3 is 2.75 bits per heavy atom. The number of nitro groups is 1. The van der Waals surface area contributed by atoms with Crippen molar-refractivity contribution in [3.63, 3.8) is 0 Å². The molecule has 0 aliphatic heterocycles. The smallest absolute Gasteiger partial charge is 0.345 e. The molecule has 5 nitrogen and oxygen atoms in total. The van der Waals surface area contributed by atoms with Gasteiger partial charge < -0.3 is 4.74 Å². The van der Waals surface area contributed by atoms with E-state index in [9.17, 15) is 14.9 Å². The first kappa shape index (κ1) is 12.2. The van der Waals surface area contributed by atoms with Crippen molar-refractivity contribution >= 4 is 11.7 Å². The van der Waals surface area contributed by atoms with Gasteiger partial charge in [0.05, 0.1) is 11.5 Å². The number of aryl methyl sites for hydroxylation is 1. The summed E-state index contributed by atoms with van der Waals surface area (Å²) in [6, 6.07) is 4.38. The molecule has 1 aromatic rings. The first-order valence-corrected chi connectivity index (χ1v) is 4.98. The van der Waals surface area contributed by atoms with Crippen LogP contribution in [0.4, 0.5) is 5.69 Å². The van der Waals surface area contributed by atoms with Gasteiger partial charge >= 0.3 is 5.97 Å². The number of hydrogen-bond acceptors (Lipinski definition) is 4. The Morgan fingerprint density at radius 1 is 1.50 bits per heavy atom. The molecule has 0 aromatic heterocycles. The Bertz CT molecular complexity index is 414. The minimum Gasteiger partial charge on any atom is -0.462 e. The maximum absolute atomic E-state index is 11.6. The highest BCUT2D eigenvalue weighted by atomic mass is 16.6. The van der Waals surface area contributed by atoms with E-state index in [1.165, 1.54) is 12.1 Å². The molecule has 0 bridgehead atoms. The highest BCUT2D eigenvalue weighted by Crippen LogP contribution is 2.20. The molecular formula is C11H13NO4. The number of nitrogens with zero attached hydrogens (tertiary/aromatic N) is 1.